The molecule has 0 aliphatic rings. The maximum absolute atomic E-state index is 5.46. The minimum atomic E-state index is 0. The van der Waals surface area contributed by atoms with Gasteiger partial charge in [0, 0.05) is 27.2 Å². The molecule has 4 nitrogen and oxygen atoms in total. The number of guanidine groups is 1. The summed E-state index contributed by atoms with van der Waals surface area (Å²) in [5.74, 6) is 2.56. The largest absolute Gasteiger partial charge is 0.494 e. The smallest absolute Gasteiger partial charge is 0.193 e. The van der Waals surface area contributed by atoms with Crippen LogP contribution in [0.1, 0.15) is 32.8 Å². The molecule has 1 aromatic rings. The van der Waals surface area contributed by atoms with Gasteiger partial charge in [-0.1, -0.05) is 26.0 Å². The molecule has 0 amide bonds. The Hall–Kier alpha value is -0.980. The molecule has 1 rings (SSSR count). The average molecular weight is 419 g/mol. The van der Waals surface area contributed by atoms with Crippen molar-refractivity contribution >= 4 is 29.9 Å². The standard InChI is InChI=1S/C17H29N3O.HI/c1-6-21-16-9-7-15(8-10-16)13-20(5)17(18-4)19-12-11-14(2)3;/h7-10,14H,6,11-13H2,1-5H3,(H,18,19);1H. The normalized spacial score (nSPS) is 11.1. The van der Waals surface area contributed by atoms with Gasteiger partial charge in [-0.05, 0) is 37.0 Å². The lowest BCUT2D eigenvalue weighted by atomic mass is 10.1. The van der Waals surface area contributed by atoms with Crippen LogP contribution in [0.25, 0.3) is 0 Å². The quantitative estimate of drug-likeness (QED) is 0.416. The van der Waals surface area contributed by atoms with Crippen molar-refractivity contribution in [2.75, 3.05) is 27.2 Å². The van der Waals surface area contributed by atoms with Crippen LogP contribution in [-0.4, -0.2) is 38.1 Å². The lowest BCUT2D eigenvalue weighted by Gasteiger charge is -2.22. The second-order valence-corrected chi connectivity index (χ2v) is 5.59. The Morgan fingerprint density at radius 3 is 2.41 bits per heavy atom. The van der Waals surface area contributed by atoms with Gasteiger partial charge in [0.15, 0.2) is 5.96 Å². The van der Waals surface area contributed by atoms with Crippen molar-refractivity contribution in [2.24, 2.45) is 10.9 Å². The number of nitrogens with one attached hydrogen (secondary N) is 1. The predicted octanol–water partition coefficient (Wildman–Crippen LogP) is 3.76. The molecule has 0 saturated heterocycles. The van der Waals surface area contributed by atoms with E-state index in [0.29, 0.717) is 12.5 Å². The molecule has 0 bridgehead atoms. The van der Waals surface area contributed by atoms with Gasteiger partial charge in [0.25, 0.3) is 0 Å². The van der Waals surface area contributed by atoms with E-state index in [1.54, 1.807) is 0 Å². The highest BCUT2D eigenvalue weighted by molar-refractivity contribution is 14.0. The summed E-state index contributed by atoms with van der Waals surface area (Å²) in [7, 11) is 3.88. The van der Waals surface area contributed by atoms with Crippen molar-refractivity contribution in [2.45, 2.75) is 33.7 Å². The summed E-state index contributed by atoms with van der Waals surface area (Å²) < 4.78 is 5.46. The molecule has 5 heteroatoms. The van der Waals surface area contributed by atoms with Gasteiger partial charge in [-0.3, -0.25) is 4.99 Å². The van der Waals surface area contributed by atoms with Crippen LogP contribution >= 0.6 is 24.0 Å². The number of hydrogen-bond acceptors (Lipinski definition) is 2. The topological polar surface area (TPSA) is 36.9 Å². The van der Waals surface area contributed by atoms with Gasteiger partial charge in [-0.25, -0.2) is 0 Å². The van der Waals surface area contributed by atoms with E-state index in [1.165, 1.54) is 5.56 Å². The van der Waals surface area contributed by atoms with Gasteiger partial charge in [-0.15, -0.1) is 24.0 Å². The van der Waals surface area contributed by atoms with Crippen LogP contribution in [0.3, 0.4) is 0 Å². The Morgan fingerprint density at radius 1 is 1.27 bits per heavy atom. The fraction of sp³-hybridized carbons (Fsp3) is 0.588. The summed E-state index contributed by atoms with van der Waals surface area (Å²) in [4.78, 5) is 6.47. The summed E-state index contributed by atoms with van der Waals surface area (Å²) in [6.07, 6.45) is 1.15. The number of ether oxygens (including phenoxy) is 1. The van der Waals surface area contributed by atoms with Crippen molar-refractivity contribution in [3.63, 3.8) is 0 Å². The highest BCUT2D eigenvalue weighted by atomic mass is 127. The van der Waals surface area contributed by atoms with Crippen molar-refractivity contribution < 1.29 is 4.74 Å². The molecule has 1 aromatic carbocycles. The van der Waals surface area contributed by atoms with Gasteiger partial charge < -0.3 is 15.0 Å². The second-order valence-electron chi connectivity index (χ2n) is 5.59. The van der Waals surface area contributed by atoms with Gasteiger partial charge in [0.1, 0.15) is 5.75 Å². The van der Waals surface area contributed by atoms with Crippen molar-refractivity contribution in [1.29, 1.82) is 0 Å². The number of aliphatic imine (C=N–C) groups is 1. The molecule has 22 heavy (non-hydrogen) atoms. The molecule has 0 aliphatic heterocycles. The molecule has 0 aliphatic carbocycles. The van der Waals surface area contributed by atoms with Crippen molar-refractivity contribution in [3.05, 3.63) is 29.8 Å². The van der Waals surface area contributed by atoms with Gasteiger partial charge >= 0.3 is 0 Å². The molecule has 0 heterocycles. The summed E-state index contributed by atoms with van der Waals surface area (Å²) in [6, 6.07) is 8.23. The number of benzene rings is 1. The van der Waals surface area contributed by atoms with Gasteiger partial charge in [0.05, 0.1) is 6.61 Å². The van der Waals surface area contributed by atoms with Crippen LogP contribution in [0.15, 0.2) is 29.3 Å². The number of nitrogens with zero attached hydrogens (tertiary/aromatic N) is 2. The number of rotatable bonds is 7. The van der Waals surface area contributed by atoms with E-state index in [-0.39, 0.29) is 24.0 Å². The van der Waals surface area contributed by atoms with Crippen LogP contribution in [0.5, 0.6) is 5.75 Å². The van der Waals surface area contributed by atoms with E-state index in [4.69, 9.17) is 4.74 Å². The molecule has 0 unspecified atom stereocenters. The second kappa shape index (κ2) is 11.6. The zero-order valence-electron chi connectivity index (χ0n) is 14.4. The molecule has 1 N–H and O–H groups in total. The first-order valence-electron chi connectivity index (χ1n) is 7.70. The molecule has 0 saturated carbocycles. The molecule has 0 spiro atoms. The number of halogens is 1. The summed E-state index contributed by atoms with van der Waals surface area (Å²) in [5, 5.41) is 3.40. The highest BCUT2D eigenvalue weighted by Crippen LogP contribution is 2.13. The van der Waals surface area contributed by atoms with E-state index in [9.17, 15) is 0 Å². The lowest BCUT2D eigenvalue weighted by molar-refractivity contribution is 0.340. The number of hydrogen-bond donors (Lipinski definition) is 1. The first-order chi connectivity index (χ1) is 10.1. The first-order valence-corrected chi connectivity index (χ1v) is 7.70. The fourth-order valence-electron chi connectivity index (χ4n) is 2.06. The maximum Gasteiger partial charge on any atom is 0.193 e. The molecule has 0 fully saturated rings. The first kappa shape index (κ1) is 21.0. The third-order valence-corrected chi connectivity index (χ3v) is 3.23. The third-order valence-electron chi connectivity index (χ3n) is 3.23. The van der Waals surface area contributed by atoms with Crippen LogP contribution < -0.4 is 10.1 Å². The van der Waals surface area contributed by atoms with Crippen molar-refractivity contribution in [1.82, 2.24) is 10.2 Å². The summed E-state index contributed by atoms with van der Waals surface area (Å²) >= 11 is 0. The summed E-state index contributed by atoms with van der Waals surface area (Å²) in [5.41, 5.74) is 1.24. The zero-order chi connectivity index (χ0) is 15.7. The lowest BCUT2D eigenvalue weighted by Crippen LogP contribution is -2.39. The fourth-order valence-corrected chi connectivity index (χ4v) is 2.06. The predicted molar refractivity (Wildman–Crippen MR) is 105 cm³/mol. The van der Waals surface area contributed by atoms with E-state index in [2.05, 4.69) is 48.2 Å². The van der Waals surface area contributed by atoms with Gasteiger partial charge in [-0.2, -0.15) is 0 Å². The van der Waals surface area contributed by atoms with Crippen LogP contribution in [-0.2, 0) is 6.54 Å². The molecule has 0 atom stereocenters. The maximum atomic E-state index is 5.46. The zero-order valence-corrected chi connectivity index (χ0v) is 16.8. The van der Waals surface area contributed by atoms with E-state index in [1.807, 2.05) is 26.1 Å². The Bertz CT molecular complexity index is 432. The molecule has 126 valence electrons. The van der Waals surface area contributed by atoms with Gasteiger partial charge in [0.2, 0.25) is 0 Å². The minimum absolute atomic E-state index is 0. The molecule has 0 aromatic heterocycles. The van der Waals surface area contributed by atoms with E-state index in [0.717, 1.165) is 31.2 Å². The molecular weight excluding hydrogens is 389 g/mol. The minimum Gasteiger partial charge on any atom is -0.494 e. The molecule has 0 radical (unpaired) electrons. The van der Waals surface area contributed by atoms with Crippen molar-refractivity contribution in [3.8, 4) is 5.75 Å². The van der Waals surface area contributed by atoms with Crippen LogP contribution in [0.2, 0.25) is 0 Å². The Balaban J connectivity index is 0.00000441. The average Bonchev–Trinajstić information content (AvgIpc) is 2.45. The highest BCUT2D eigenvalue weighted by Gasteiger charge is 2.06. The van der Waals surface area contributed by atoms with E-state index >= 15 is 0 Å². The summed E-state index contributed by atoms with van der Waals surface area (Å²) in [6.45, 7) is 8.94. The Labute approximate surface area is 152 Å². The monoisotopic (exact) mass is 419 g/mol. The molecular formula is C17H30IN3O. The van der Waals surface area contributed by atoms with E-state index < -0.39 is 0 Å². The Morgan fingerprint density at radius 2 is 1.91 bits per heavy atom. The third kappa shape index (κ3) is 7.87. The SMILES string of the molecule is CCOc1ccc(CN(C)C(=NC)NCCC(C)C)cc1.I. The Kier molecular flexibility index (Phi) is 11.1. The van der Waals surface area contributed by atoms with Crippen LogP contribution in [0.4, 0.5) is 0 Å². The van der Waals surface area contributed by atoms with Crippen LogP contribution in [0, 0.1) is 5.92 Å².